The van der Waals surface area contributed by atoms with Gasteiger partial charge in [-0.3, -0.25) is 0 Å². The fraction of sp³-hybridized carbons (Fsp3) is 0.200. The van der Waals surface area contributed by atoms with Gasteiger partial charge in [-0.25, -0.2) is 0 Å². The summed E-state index contributed by atoms with van der Waals surface area (Å²) < 4.78 is 6.69. The lowest BCUT2D eigenvalue weighted by Gasteiger charge is -2.57. The van der Waals surface area contributed by atoms with E-state index in [-0.39, 0.29) is 0 Å². The van der Waals surface area contributed by atoms with Crippen LogP contribution in [0, 0.1) is 17.8 Å². The number of anilines is 3. The summed E-state index contributed by atoms with van der Waals surface area (Å²) in [6, 6.07) is 57.9. The molecule has 0 spiro atoms. The molecular weight excluding hydrogens is 631 g/mol. The monoisotopic (exact) mass is 671 g/mol. The van der Waals surface area contributed by atoms with Crippen LogP contribution in [-0.4, -0.2) is 0 Å². The first-order chi connectivity index (χ1) is 25.7. The topological polar surface area (TPSA) is 16.4 Å². The summed E-state index contributed by atoms with van der Waals surface area (Å²) in [5.41, 5.74) is 12.0. The lowest BCUT2D eigenvalue weighted by Crippen LogP contribution is -2.48. The first-order valence-electron chi connectivity index (χ1n) is 19.2. The van der Waals surface area contributed by atoms with Gasteiger partial charge in [-0.2, -0.15) is 0 Å². The van der Waals surface area contributed by atoms with E-state index in [2.05, 4.69) is 163 Å². The van der Waals surface area contributed by atoms with Crippen molar-refractivity contribution < 1.29 is 4.42 Å². The average molecular weight is 672 g/mol. The van der Waals surface area contributed by atoms with Gasteiger partial charge in [0.05, 0.1) is 5.69 Å². The number of hydrogen-bond acceptors (Lipinski definition) is 2. The molecule has 4 saturated carbocycles. The third kappa shape index (κ3) is 4.77. The Bertz CT molecular complexity index is 2570. The molecule has 7 aromatic carbocycles. The molecule has 4 aliphatic carbocycles. The number of para-hydroxylation sites is 2. The largest absolute Gasteiger partial charge is 0.454 e. The van der Waals surface area contributed by atoms with Crippen molar-refractivity contribution >= 4 is 49.8 Å². The fourth-order valence-corrected chi connectivity index (χ4v) is 11.0. The number of furan rings is 1. The van der Waals surface area contributed by atoms with Gasteiger partial charge < -0.3 is 9.32 Å². The number of benzene rings is 7. The predicted octanol–water partition coefficient (Wildman–Crippen LogP) is 14.0. The molecule has 2 heteroatoms. The van der Waals surface area contributed by atoms with Gasteiger partial charge in [0.2, 0.25) is 0 Å². The van der Waals surface area contributed by atoms with Gasteiger partial charge in [0.15, 0.2) is 5.58 Å². The minimum absolute atomic E-state index is 0.363. The number of rotatable bonds is 6. The van der Waals surface area contributed by atoms with Crippen LogP contribution in [0.4, 0.5) is 17.1 Å². The molecule has 0 amide bonds. The zero-order valence-electron chi connectivity index (χ0n) is 29.3. The van der Waals surface area contributed by atoms with Crippen molar-refractivity contribution in [2.24, 2.45) is 17.8 Å². The number of nitrogens with zero attached hydrogens (tertiary/aromatic N) is 1. The molecular formula is C50H41NO. The maximum Gasteiger partial charge on any atom is 0.159 e. The molecule has 0 radical (unpaired) electrons. The Morgan fingerprint density at radius 3 is 1.87 bits per heavy atom. The van der Waals surface area contributed by atoms with E-state index in [4.69, 9.17) is 4.42 Å². The summed E-state index contributed by atoms with van der Waals surface area (Å²) in [5, 5.41) is 4.81. The van der Waals surface area contributed by atoms with Crippen molar-refractivity contribution in [2.45, 2.75) is 43.9 Å². The van der Waals surface area contributed by atoms with E-state index in [0.29, 0.717) is 5.41 Å². The van der Waals surface area contributed by atoms with Crippen molar-refractivity contribution in [1.82, 2.24) is 0 Å². The third-order valence-corrected chi connectivity index (χ3v) is 12.8. The first-order valence-corrected chi connectivity index (χ1v) is 19.2. The zero-order chi connectivity index (χ0) is 34.2. The highest BCUT2D eigenvalue weighted by atomic mass is 16.3. The zero-order valence-corrected chi connectivity index (χ0v) is 29.3. The highest BCUT2D eigenvalue weighted by Crippen LogP contribution is 2.61. The van der Waals surface area contributed by atoms with Gasteiger partial charge in [-0.15, -0.1) is 0 Å². The highest BCUT2D eigenvalue weighted by Gasteiger charge is 2.51. The van der Waals surface area contributed by atoms with E-state index in [1.165, 1.54) is 71.6 Å². The Labute approximate surface area is 305 Å². The smallest absolute Gasteiger partial charge is 0.159 e. The molecule has 4 bridgehead atoms. The lowest BCUT2D eigenvalue weighted by atomic mass is 9.48. The van der Waals surface area contributed by atoms with Crippen molar-refractivity contribution in [3.8, 4) is 22.3 Å². The molecule has 1 aromatic heterocycles. The molecule has 1 heterocycles. The fourth-order valence-electron chi connectivity index (χ4n) is 11.0. The van der Waals surface area contributed by atoms with E-state index < -0.39 is 0 Å². The second-order valence-corrected chi connectivity index (χ2v) is 16.0. The molecule has 4 aliphatic rings. The summed E-state index contributed by atoms with van der Waals surface area (Å²) in [7, 11) is 0. The van der Waals surface area contributed by atoms with E-state index in [9.17, 15) is 0 Å². The molecule has 0 saturated heterocycles. The number of fused-ring (bicyclic) bond motifs is 4. The summed E-state index contributed by atoms with van der Waals surface area (Å²) in [6.45, 7) is 0. The van der Waals surface area contributed by atoms with Crippen LogP contribution in [0.1, 0.15) is 44.1 Å². The number of hydrogen-bond donors (Lipinski definition) is 0. The Kier molecular flexibility index (Phi) is 6.77. The minimum Gasteiger partial charge on any atom is -0.454 e. The minimum atomic E-state index is 0.363. The Morgan fingerprint density at radius 2 is 1.12 bits per heavy atom. The Balaban J connectivity index is 1.08. The molecule has 4 fully saturated rings. The maximum atomic E-state index is 6.69. The van der Waals surface area contributed by atoms with Crippen LogP contribution in [0.2, 0.25) is 0 Å². The van der Waals surface area contributed by atoms with Crippen molar-refractivity contribution in [2.75, 3.05) is 4.90 Å². The van der Waals surface area contributed by atoms with Gasteiger partial charge in [-0.1, -0.05) is 121 Å². The third-order valence-electron chi connectivity index (χ3n) is 12.8. The normalized spacial score (nSPS) is 22.0. The molecule has 2 nitrogen and oxygen atoms in total. The maximum absolute atomic E-state index is 6.69. The highest BCUT2D eigenvalue weighted by molar-refractivity contribution is 6.11. The van der Waals surface area contributed by atoms with E-state index in [1.807, 2.05) is 0 Å². The molecule has 0 N–H and O–H groups in total. The second kappa shape index (κ2) is 11.7. The van der Waals surface area contributed by atoms with Gasteiger partial charge in [-0.05, 0) is 137 Å². The van der Waals surface area contributed by atoms with Crippen molar-refractivity contribution in [1.29, 1.82) is 0 Å². The standard InChI is InChI=1S/C50H41NO/c1-2-10-36(11-3-1)42-17-7-12-37-13-8-18-43(48(37)42)38-14-6-15-41(29-38)51(46-20-9-19-45-44-16-4-5-21-47(44)52-49(45)46)40-24-22-39(23-25-40)50-30-33-26-34(31-50)28-35(27-33)32-50/h1-25,29,33-35H,26-28,30-32H2. The first kappa shape index (κ1) is 30.1. The lowest BCUT2D eigenvalue weighted by molar-refractivity contribution is -0.00518. The van der Waals surface area contributed by atoms with Crippen molar-refractivity contribution in [3.63, 3.8) is 0 Å². The van der Waals surface area contributed by atoms with Crippen LogP contribution in [0.15, 0.2) is 162 Å². The predicted molar refractivity (Wildman–Crippen MR) is 217 cm³/mol. The van der Waals surface area contributed by atoms with Crippen LogP contribution in [0.25, 0.3) is 55.0 Å². The molecule has 0 unspecified atom stereocenters. The molecule has 0 atom stereocenters. The van der Waals surface area contributed by atoms with Gasteiger partial charge in [0.25, 0.3) is 0 Å². The van der Waals surface area contributed by atoms with Crippen LogP contribution in [0.3, 0.4) is 0 Å². The molecule has 12 rings (SSSR count). The molecule has 0 aliphatic heterocycles. The summed E-state index contributed by atoms with van der Waals surface area (Å²) >= 11 is 0. The summed E-state index contributed by atoms with van der Waals surface area (Å²) in [6.07, 6.45) is 8.51. The van der Waals surface area contributed by atoms with Gasteiger partial charge in [0.1, 0.15) is 5.58 Å². The van der Waals surface area contributed by atoms with Crippen LogP contribution < -0.4 is 4.90 Å². The Hall–Kier alpha value is -5.60. The van der Waals surface area contributed by atoms with E-state index in [1.54, 1.807) is 5.56 Å². The van der Waals surface area contributed by atoms with Crippen LogP contribution >= 0.6 is 0 Å². The molecule has 252 valence electrons. The van der Waals surface area contributed by atoms with E-state index >= 15 is 0 Å². The SMILES string of the molecule is c1ccc(-c2cccc3cccc(-c4cccc(N(c5ccc(C67CC8CC(CC(C8)C6)C7)cc5)c5cccc6c5oc5ccccc56)c4)c23)cc1. The van der Waals surface area contributed by atoms with Gasteiger partial charge >= 0.3 is 0 Å². The Morgan fingerprint density at radius 1 is 0.500 bits per heavy atom. The second-order valence-electron chi connectivity index (χ2n) is 16.0. The molecule has 8 aromatic rings. The summed E-state index contributed by atoms with van der Waals surface area (Å²) in [4.78, 5) is 2.42. The molecule has 52 heavy (non-hydrogen) atoms. The van der Waals surface area contributed by atoms with Crippen LogP contribution in [-0.2, 0) is 5.41 Å². The average Bonchev–Trinajstić information content (AvgIpc) is 3.57. The van der Waals surface area contributed by atoms with Gasteiger partial charge in [0, 0.05) is 22.1 Å². The van der Waals surface area contributed by atoms with E-state index in [0.717, 1.165) is 56.8 Å². The van der Waals surface area contributed by atoms with Crippen LogP contribution in [0.5, 0.6) is 0 Å². The summed E-state index contributed by atoms with van der Waals surface area (Å²) in [5.74, 6) is 2.77. The quantitative estimate of drug-likeness (QED) is 0.175. The van der Waals surface area contributed by atoms with Crippen molar-refractivity contribution in [3.05, 3.63) is 163 Å².